The van der Waals surface area contributed by atoms with E-state index in [4.69, 9.17) is 0 Å². The molecule has 2 amide bonds. The second-order valence-electron chi connectivity index (χ2n) is 11.2. The molecule has 1 aliphatic carbocycles. The molecule has 0 bridgehead atoms. The number of rotatable bonds is 12. The zero-order chi connectivity index (χ0) is 30.1. The van der Waals surface area contributed by atoms with Crippen LogP contribution in [0.15, 0.2) is 84.9 Å². The van der Waals surface area contributed by atoms with E-state index in [1.54, 1.807) is 35.2 Å². The van der Waals surface area contributed by atoms with E-state index < -0.39 is 28.7 Å². The van der Waals surface area contributed by atoms with E-state index >= 15 is 0 Å². The minimum absolute atomic E-state index is 0.0655. The van der Waals surface area contributed by atoms with Gasteiger partial charge in [0, 0.05) is 33.1 Å². The Kier molecular flexibility index (Phi) is 10.8. The largest absolute Gasteiger partial charge is 0.352 e. The van der Waals surface area contributed by atoms with Crippen LogP contribution < -0.4 is 9.62 Å². The molecule has 3 aromatic carbocycles. The van der Waals surface area contributed by atoms with Crippen molar-refractivity contribution in [2.45, 2.75) is 64.1 Å². The van der Waals surface area contributed by atoms with Gasteiger partial charge in [0.2, 0.25) is 11.8 Å². The molecule has 42 heavy (non-hydrogen) atoms. The number of aryl methyl sites for hydroxylation is 1. The molecule has 9 heteroatoms. The lowest BCUT2D eigenvalue weighted by Gasteiger charge is -2.35. The molecule has 8 nitrogen and oxygen atoms in total. The van der Waals surface area contributed by atoms with Gasteiger partial charge >= 0.3 is 10.2 Å². The molecule has 0 saturated heterocycles. The van der Waals surface area contributed by atoms with E-state index in [2.05, 4.69) is 5.32 Å². The molecule has 0 aliphatic heterocycles. The second kappa shape index (κ2) is 14.5. The van der Waals surface area contributed by atoms with Crippen LogP contribution >= 0.6 is 0 Å². The van der Waals surface area contributed by atoms with Gasteiger partial charge in [-0.15, -0.1) is 0 Å². The Morgan fingerprint density at radius 1 is 0.833 bits per heavy atom. The van der Waals surface area contributed by atoms with Gasteiger partial charge in [-0.1, -0.05) is 97.6 Å². The fourth-order valence-corrected chi connectivity index (χ4v) is 6.36. The lowest BCUT2D eigenvalue weighted by atomic mass is 9.94. The lowest BCUT2D eigenvalue weighted by molar-refractivity contribution is -0.140. The summed E-state index contributed by atoms with van der Waals surface area (Å²) in [5.41, 5.74) is 3.24. The third-order valence-corrected chi connectivity index (χ3v) is 9.58. The SMILES string of the molecule is Cc1ccc(CN(C(=O)CN(c2ccccc2)S(=O)(=O)N(C)C)[C@@H](Cc2ccccc2)C(=O)NC2CCCCC2)cc1. The third kappa shape index (κ3) is 8.20. The van der Waals surface area contributed by atoms with Crippen LogP contribution in [-0.2, 0) is 32.8 Å². The van der Waals surface area contributed by atoms with E-state index in [0.29, 0.717) is 12.1 Å². The highest BCUT2D eigenvalue weighted by Crippen LogP contribution is 2.23. The Hall–Kier alpha value is -3.69. The summed E-state index contributed by atoms with van der Waals surface area (Å²) >= 11 is 0. The summed E-state index contributed by atoms with van der Waals surface area (Å²) in [5.74, 6) is -0.669. The summed E-state index contributed by atoms with van der Waals surface area (Å²) in [5, 5.41) is 3.23. The van der Waals surface area contributed by atoms with Gasteiger partial charge < -0.3 is 10.2 Å². The third-order valence-electron chi connectivity index (χ3n) is 7.76. The van der Waals surface area contributed by atoms with Gasteiger partial charge in [-0.05, 0) is 43.0 Å². The molecule has 1 aliphatic rings. The van der Waals surface area contributed by atoms with E-state index in [1.165, 1.54) is 14.1 Å². The zero-order valence-electron chi connectivity index (χ0n) is 24.8. The van der Waals surface area contributed by atoms with E-state index in [9.17, 15) is 18.0 Å². The molecule has 0 unspecified atom stereocenters. The molecule has 224 valence electrons. The van der Waals surface area contributed by atoms with Gasteiger partial charge in [0.05, 0.1) is 5.69 Å². The minimum Gasteiger partial charge on any atom is -0.352 e. The summed E-state index contributed by atoms with van der Waals surface area (Å²) in [7, 11) is -1.13. The number of carbonyl (C=O) groups is 2. The first-order valence-electron chi connectivity index (χ1n) is 14.6. The predicted molar refractivity (Wildman–Crippen MR) is 167 cm³/mol. The van der Waals surface area contributed by atoms with Crippen molar-refractivity contribution in [3.8, 4) is 0 Å². The smallest absolute Gasteiger partial charge is 0.304 e. The molecule has 1 atom stereocenters. The number of benzene rings is 3. The van der Waals surface area contributed by atoms with Crippen LogP contribution in [-0.4, -0.2) is 62.2 Å². The van der Waals surface area contributed by atoms with Gasteiger partial charge in [-0.25, -0.2) is 4.31 Å². The minimum atomic E-state index is -4.01. The number of hydrogen-bond donors (Lipinski definition) is 1. The first-order valence-corrected chi connectivity index (χ1v) is 16.0. The van der Waals surface area contributed by atoms with Crippen molar-refractivity contribution in [3.63, 3.8) is 0 Å². The average molecular weight is 591 g/mol. The number of hydrogen-bond acceptors (Lipinski definition) is 4. The molecular weight excluding hydrogens is 548 g/mol. The highest BCUT2D eigenvalue weighted by molar-refractivity contribution is 7.90. The number of para-hydroxylation sites is 1. The predicted octanol–water partition coefficient (Wildman–Crippen LogP) is 4.70. The van der Waals surface area contributed by atoms with Gasteiger partial charge in [-0.3, -0.25) is 9.59 Å². The van der Waals surface area contributed by atoms with Crippen LogP contribution in [0, 0.1) is 6.92 Å². The quantitative estimate of drug-likeness (QED) is 0.331. The summed E-state index contributed by atoms with van der Waals surface area (Å²) in [6.07, 6.45) is 5.43. The number of anilines is 1. The monoisotopic (exact) mass is 590 g/mol. The fourth-order valence-electron chi connectivity index (χ4n) is 5.30. The van der Waals surface area contributed by atoms with E-state index in [0.717, 1.165) is 57.4 Å². The summed E-state index contributed by atoms with van der Waals surface area (Å²) < 4.78 is 29.1. The maximum atomic E-state index is 14.3. The lowest BCUT2D eigenvalue weighted by Crippen LogP contribution is -2.55. The summed E-state index contributed by atoms with van der Waals surface area (Å²) in [6.45, 7) is 1.71. The summed E-state index contributed by atoms with van der Waals surface area (Å²) in [6, 6.07) is 25.3. The highest BCUT2D eigenvalue weighted by Gasteiger charge is 2.35. The van der Waals surface area contributed by atoms with Gasteiger partial charge in [0.25, 0.3) is 0 Å². The molecule has 0 radical (unpaired) electrons. The second-order valence-corrected chi connectivity index (χ2v) is 13.3. The number of amides is 2. The molecule has 1 fully saturated rings. The maximum Gasteiger partial charge on any atom is 0.304 e. The number of nitrogens with zero attached hydrogens (tertiary/aromatic N) is 3. The van der Waals surface area contributed by atoms with Crippen molar-refractivity contribution < 1.29 is 18.0 Å². The maximum absolute atomic E-state index is 14.3. The summed E-state index contributed by atoms with van der Waals surface area (Å²) in [4.78, 5) is 29.9. The van der Waals surface area contributed by atoms with Crippen molar-refractivity contribution in [1.82, 2.24) is 14.5 Å². The molecule has 4 rings (SSSR count). The van der Waals surface area contributed by atoms with Crippen molar-refractivity contribution in [1.29, 1.82) is 0 Å². The van der Waals surface area contributed by atoms with Gasteiger partial charge in [0.15, 0.2) is 0 Å². The molecule has 0 spiro atoms. The molecule has 1 N–H and O–H groups in total. The van der Waals surface area contributed by atoms with Crippen molar-refractivity contribution in [2.75, 3.05) is 24.9 Å². The number of nitrogens with one attached hydrogen (secondary N) is 1. The molecule has 3 aromatic rings. The topological polar surface area (TPSA) is 90.0 Å². The van der Waals surface area contributed by atoms with Crippen LogP contribution in [0.4, 0.5) is 5.69 Å². The standard InChI is InChI=1S/C33H42N4O4S/c1-26-19-21-28(22-20-26)24-36(32(38)25-37(42(40,41)35(2)3)30-17-11-6-12-18-30)31(23-27-13-7-4-8-14-27)33(39)34-29-15-9-5-10-16-29/h4,6-8,11-14,17-22,29,31H,5,9-10,15-16,23-25H2,1-3H3,(H,34,39)/t31-/m0/s1. The Morgan fingerprint density at radius 2 is 1.43 bits per heavy atom. The molecule has 1 saturated carbocycles. The van der Waals surface area contributed by atoms with Crippen molar-refractivity contribution in [3.05, 3.63) is 102 Å². The average Bonchev–Trinajstić information content (AvgIpc) is 2.99. The Morgan fingerprint density at radius 3 is 2.02 bits per heavy atom. The Balaban J connectivity index is 1.73. The number of carbonyl (C=O) groups excluding carboxylic acids is 2. The Bertz CT molecular complexity index is 1410. The molecule has 0 aromatic heterocycles. The highest BCUT2D eigenvalue weighted by atomic mass is 32.2. The zero-order valence-corrected chi connectivity index (χ0v) is 25.6. The van der Waals surface area contributed by atoms with Crippen LogP contribution in [0.2, 0.25) is 0 Å². The van der Waals surface area contributed by atoms with Crippen LogP contribution in [0.3, 0.4) is 0 Å². The van der Waals surface area contributed by atoms with E-state index in [-0.39, 0.29) is 18.5 Å². The van der Waals surface area contributed by atoms with Crippen LogP contribution in [0.1, 0.15) is 48.8 Å². The normalized spacial score (nSPS) is 14.8. The Labute approximate surface area is 250 Å². The molecular formula is C33H42N4O4S. The van der Waals surface area contributed by atoms with Crippen LogP contribution in [0.5, 0.6) is 0 Å². The van der Waals surface area contributed by atoms with Crippen molar-refractivity contribution in [2.24, 2.45) is 0 Å². The first kappa shape index (κ1) is 31.3. The fraction of sp³-hybridized carbons (Fsp3) is 0.394. The molecule has 0 heterocycles. The first-order chi connectivity index (χ1) is 20.1. The van der Waals surface area contributed by atoms with Crippen LogP contribution in [0.25, 0.3) is 0 Å². The van der Waals surface area contributed by atoms with Crippen molar-refractivity contribution >= 4 is 27.7 Å². The van der Waals surface area contributed by atoms with Gasteiger partial charge in [-0.2, -0.15) is 12.7 Å². The van der Waals surface area contributed by atoms with Gasteiger partial charge in [0.1, 0.15) is 12.6 Å². The van der Waals surface area contributed by atoms with E-state index in [1.807, 2.05) is 61.5 Å².